The topological polar surface area (TPSA) is 57.2 Å². The van der Waals surface area contributed by atoms with E-state index in [-0.39, 0.29) is 0 Å². The second-order valence-electron chi connectivity index (χ2n) is 7.83. The minimum Gasteiger partial charge on any atom is -0.497 e. The predicted octanol–water partition coefficient (Wildman–Crippen LogP) is 4.83. The number of ether oxygens (including phenoxy) is 1. The van der Waals surface area contributed by atoms with Gasteiger partial charge in [-0.2, -0.15) is 5.10 Å². The molecule has 0 radical (unpaired) electrons. The van der Waals surface area contributed by atoms with Gasteiger partial charge < -0.3 is 9.30 Å². The van der Waals surface area contributed by atoms with E-state index < -0.39 is 0 Å². The number of hydrogen-bond donors (Lipinski definition) is 0. The van der Waals surface area contributed by atoms with Crippen LogP contribution in [0.1, 0.15) is 23.4 Å². The molecule has 0 amide bonds. The molecule has 3 aromatic heterocycles. The zero-order valence-electron chi connectivity index (χ0n) is 18.1. The molecule has 5 aromatic rings. The van der Waals surface area contributed by atoms with Gasteiger partial charge in [0.1, 0.15) is 5.75 Å². The molecule has 0 saturated carbocycles. The molecule has 0 bridgehead atoms. The summed E-state index contributed by atoms with van der Waals surface area (Å²) in [7, 11) is 1.67. The normalized spacial score (nSPS) is 11.2. The number of imidazole rings is 1. The predicted molar refractivity (Wildman–Crippen MR) is 125 cm³/mol. The Balaban J connectivity index is 1.28. The minimum absolute atomic E-state index is 0.707. The Morgan fingerprint density at radius 1 is 0.906 bits per heavy atom. The number of aromatic nitrogens is 5. The number of methoxy groups -OCH3 is 1. The highest BCUT2D eigenvalue weighted by Crippen LogP contribution is 2.23. The van der Waals surface area contributed by atoms with Crippen molar-refractivity contribution >= 4 is 5.65 Å². The first-order valence-corrected chi connectivity index (χ1v) is 10.8. The molecule has 160 valence electrons. The summed E-state index contributed by atoms with van der Waals surface area (Å²) in [6, 6.07) is 22.9. The van der Waals surface area contributed by atoms with Crippen molar-refractivity contribution in [3.63, 3.8) is 0 Å². The van der Waals surface area contributed by atoms with Crippen LogP contribution in [0.5, 0.6) is 5.75 Å². The van der Waals surface area contributed by atoms with Crippen molar-refractivity contribution in [3.05, 3.63) is 102 Å². The first-order chi connectivity index (χ1) is 15.8. The number of pyridine rings is 1. The van der Waals surface area contributed by atoms with Crippen LogP contribution in [0.4, 0.5) is 0 Å². The fraction of sp³-hybridized carbons (Fsp3) is 0.192. The molecule has 5 rings (SSSR count). The van der Waals surface area contributed by atoms with Gasteiger partial charge in [-0.3, -0.25) is 0 Å². The van der Waals surface area contributed by atoms with Crippen molar-refractivity contribution in [2.24, 2.45) is 0 Å². The van der Waals surface area contributed by atoms with E-state index in [1.165, 1.54) is 11.1 Å². The summed E-state index contributed by atoms with van der Waals surface area (Å²) in [4.78, 5) is 8.84. The Morgan fingerprint density at radius 2 is 1.72 bits per heavy atom. The Kier molecular flexibility index (Phi) is 5.66. The van der Waals surface area contributed by atoms with Crippen molar-refractivity contribution in [1.29, 1.82) is 0 Å². The molecule has 0 N–H and O–H groups in total. The summed E-state index contributed by atoms with van der Waals surface area (Å²) in [6.45, 7) is 0.990. The molecular weight excluding hydrogens is 398 g/mol. The van der Waals surface area contributed by atoms with Gasteiger partial charge in [-0.25, -0.2) is 14.5 Å². The lowest BCUT2D eigenvalue weighted by molar-refractivity contribution is 0.415. The lowest BCUT2D eigenvalue weighted by atomic mass is 10.1. The van der Waals surface area contributed by atoms with Gasteiger partial charge in [0, 0.05) is 30.9 Å². The summed E-state index contributed by atoms with van der Waals surface area (Å²) in [5.74, 6) is 1.66. The van der Waals surface area contributed by atoms with Crippen LogP contribution in [0.3, 0.4) is 0 Å². The van der Waals surface area contributed by atoms with Crippen molar-refractivity contribution < 1.29 is 4.74 Å². The number of aryl methyl sites for hydroxylation is 2. The lowest BCUT2D eigenvalue weighted by Crippen LogP contribution is -1.97. The Labute approximate surface area is 187 Å². The van der Waals surface area contributed by atoms with Crippen LogP contribution in [0, 0.1) is 0 Å². The average Bonchev–Trinajstić information content (AvgIpc) is 3.49. The van der Waals surface area contributed by atoms with Crippen LogP contribution in [-0.2, 0) is 19.4 Å². The number of benzene rings is 2. The first kappa shape index (κ1) is 20.0. The van der Waals surface area contributed by atoms with E-state index >= 15 is 0 Å². The second-order valence-corrected chi connectivity index (χ2v) is 7.83. The second kappa shape index (κ2) is 9.06. The molecule has 2 aromatic carbocycles. The fourth-order valence-electron chi connectivity index (χ4n) is 3.90. The van der Waals surface area contributed by atoms with Crippen LogP contribution in [0.2, 0.25) is 0 Å². The standard InChI is InChI=1S/C26H25N5O/c1-32-23-13-11-22(12-14-23)24-5-2-6-26-28-25(29-31(24)26)18-21-9-7-20(8-10-21)4-3-16-30-17-15-27-19-30/h2,5-15,17,19H,3-4,16,18H2,1H3. The van der Waals surface area contributed by atoms with Crippen molar-refractivity contribution in [1.82, 2.24) is 24.1 Å². The molecule has 0 atom stereocenters. The van der Waals surface area contributed by atoms with E-state index in [2.05, 4.69) is 39.9 Å². The van der Waals surface area contributed by atoms with E-state index in [9.17, 15) is 0 Å². The molecule has 0 unspecified atom stereocenters. The first-order valence-electron chi connectivity index (χ1n) is 10.8. The molecule has 6 nitrogen and oxygen atoms in total. The van der Waals surface area contributed by atoms with E-state index in [1.54, 1.807) is 7.11 Å². The van der Waals surface area contributed by atoms with Gasteiger partial charge in [0.25, 0.3) is 0 Å². The van der Waals surface area contributed by atoms with Crippen molar-refractivity contribution in [2.45, 2.75) is 25.8 Å². The van der Waals surface area contributed by atoms with Crippen LogP contribution in [0.15, 0.2) is 85.5 Å². The van der Waals surface area contributed by atoms with Gasteiger partial charge in [-0.05, 0) is 60.4 Å². The van der Waals surface area contributed by atoms with E-state index in [0.717, 1.165) is 47.9 Å². The van der Waals surface area contributed by atoms with Gasteiger partial charge in [0.15, 0.2) is 11.5 Å². The Morgan fingerprint density at radius 3 is 2.47 bits per heavy atom. The van der Waals surface area contributed by atoms with Crippen LogP contribution >= 0.6 is 0 Å². The molecule has 0 spiro atoms. The fourth-order valence-corrected chi connectivity index (χ4v) is 3.90. The smallest absolute Gasteiger partial charge is 0.156 e. The average molecular weight is 424 g/mol. The third-order valence-corrected chi connectivity index (χ3v) is 5.62. The maximum Gasteiger partial charge on any atom is 0.156 e. The summed E-state index contributed by atoms with van der Waals surface area (Å²) < 4.78 is 9.30. The molecule has 6 heteroatoms. The minimum atomic E-state index is 0.707. The number of fused-ring (bicyclic) bond motifs is 1. The molecular formula is C26H25N5O. The highest BCUT2D eigenvalue weighted by molar-refractivity contribution is 5.63. The number of hydrogen-bond acceptors (Lipinski definition) is 4. The van der Waals surface area contributed by atoms with Gasteiger partial charge >= 0.3 is 0 Å². The number of rotatable bonds is 8. The SMILES string of the molecule is COc1ccc(-c2cccc3nc(Cc4ccc(CCCn5ccnc5)cc4)nn23)cc1. The molecule has 32 heavy (non-hydrogen) atoms. The summed E-state index contributed by atoms with van der Waals surface area (Å²) in [5, 5.41) is 4.79. The summed E-state index contributed by atoms with van der Waals surface area (Å²) in [6.07, 6.45) is 8.55. The lowest BCUT2D eigenvalue weighted by Gasteiger charge is -2.05. The highest BCUT2D eigenvalue weighted by atomic mass is 16.5. The monoisotopic (exact) mass is 423 g/mol. The summed E-state index contributed by atoms with van der Waals surface area (Å²) >= 11 is 0. The van der Waals surface area contributed by atoms with Gasteiger partial charge in [-0.15, -0.1) is 0 Å². The van der Waals surface area contributed by atoms with E-state index in [0.29, 0.717) is 6.42 Å². The highest BCUT2D eigenvalue weighted by Gasteiger charge is 2.10. The van der Waals surface area contributed by atoms with Crippen molar-refractivity contribution in [3.8, 4) is 17.0 Å². The van der Waals surface area contributed by atoms with Crippen LogP contribution in [-0.4, -0.2) is 31.3 Å². The Bertz CT molecular complexity index is 1290. The quantitative estimate of drug-likeness (QED) is 0.359. The third kappa shape index (κ3) is 4.39. The molecule has 0 aliphatic carbocycles. The molecule has 0 aliphatic heterocycles. The van der Waals surface area contributed by atoms with Crippen LogP contribution < -0.4 is 4.74 Å². The zero-order chi connectivity index (χ0) is 21.8. The van der Waals surface area contributed by atoms with Gasteiger partial charge in [0.05, 0.1) is 19.1 Å². The molecule has 0 fully saturated rings. The van der Waals surface area contributed by atoms with E-state index in [4.69, 9.17) is 14.8 Å². The van der Waals surface area contributed by atoms with Crippen molar-refractivity contribution in [2.75, 3.05) is 7.11 Å². The largest absolute Gasteiger partial charge is 0.497 e. The molecule has 3 heterocycles. The number of nitrogens with zero attached hydrogens (tertiary/aromatic N) is 5. The third-order valence-electron chi connectivity index (χ3n) is 5.62. The van der Waals surface area contributed by atoms with Crippen LogP contribution in [0.25, 0.3) is 16.9 Å². The zero-order valence-corrected chi connectivity index (χ0v) is 18.1. The van der Waals surface area contributed by atoms with E-state index in [1.807, 2.05) is 59.6 Å². The Hall–Kier alpha value is -3.93. The van der Waals surface area contributed by atoms with Gasteiger partial charge in [-0.1, -0.05) is 30.3 Å². The van der Waals surface area contributed by atoms with Gasteiger partial charge in [0.2, 0.25) is 0 Å². The maximum absolute atomic E-state index is 5.27. The molecule has 0 saturated heterocycles. The maximum atomic E-state index is 5.27. The summed E-state index contributed by atoms with van der Waals surface area (Å²) in [5.41, 5.74) is 5.50. The molecule has 0 aliphatic rings.